The van der Waals surface area contributed by atoms with Crippen molar-refractivity contribution >= 4 is 37.6 Å². The lowest BCUT2D eigenvalue weighted by atomic mass is 10.1. The molecule has 3 heterocycles. The molecule has 164 valence electrons. The van der Waals surface area contributed by atoms with E-state index < -0.39 is 10.0 Å². The molecule has 1 aliphatic heterocycles. The molecule has 0 spiro atoms. The molecule has 0 aliphatic carbocycles. The molecule has 1 fully saturated rings. The highest BCUT2D eigenvalue weighted by atomic mass is 32.2. The minimum atomic E-state index is -3.65. The van der Waals surface area contributed by atoms with Crippen molar-refractivity contribution in [3.05, 3.63) is 78.0 Å². The fourth-order valence-corrected chi connectivity index (χ4v) is 6.10. The van der Waals surface area contributed by atoms with E-state index in [1.165, 1.54) is 28.0 Å². The number of pyridine rings is 1. The number of para-hydroxylation sites is 1. The Morgan fingerprint density at radius 3 is 2.50 bits per heavy atom. The lowest BCUT2D eigenvalue weighted by Crippen LogP contribution is -2.48. The van der Waals surface area contributed by atoms with E-state index in [0.29, 0.717) is 43.9 Å². The van der Waals surface area contributed by atoms with Crippen LogP contribution >= 0.6 is 11.5 Å². The van der Waals surface area contributed by atoms with Crippen LogP contribution in [0.5, 0.6) is 0 Å². The summed E-state index contributed by atoms with van der Waals surface area (Å²) in [6.07, 6.45) is 2.14. The van der Waals surface area contributed by atoms with Crippen LogP contribution in [0.15, 0.2) is 65.7 Å². The van der Waals surface area contributed by atoms with Crippen molar-refractivity contribution in [2.75, 3.05) is 31.1 Å². The van der Waals surface area contributed by atoms with E-state index in [4.69, 9.17) is 0 Å². The van der Waals surface area contributed by atoms with E-state index in [0.717, 1.165) is 16.1 Å². The Bertz CT molecular complexity index is 1350. The molecule has 5 rings (SSSR count). The molecule has 0 bridgehead atoms. The number of halogens is 1. The molecule has 7 nitrogen and oxygen atoms in total. The molecule has 0 saturated carbocycles. The Labute approximate surface area is 189 Å². The summed E-state index contributed by atoms with van der Waals surface area (Å²) >= 11 is 1.30. The maximum Gasteiger partial charge on any atom is 0.245 e. The first-order valence-corrected chi connectivity index (χ1v) is 12.4. The largest absolute Gasteiger partial charge is 0.344 e. The van der Waals surface area contributed by atoms with Crippen LogP contribution < -0.4 is 4.90 Å². The number of benzene rings is 2. The lowest BCUT2D eigenvalue weighted by molar-refractivity contribution is 0.385. The van der Waals surface area contributed by atoms with E-state index in [9.17, 15) is 12.8 Å². The van der Waals surface area contributed by atoms with Gasteiger partial charge in [-0.2, -0.15) is 8.68 Å². The number of rotatable bonds is 5. The summed E-state index contributed by atoms with van der Waals surface area (Å²) in [6.45, 7) is 1.78. The minimum Gasteiger partial charge on any atom is -0.344 e. The van der Waals surface area contributed by atoms with Crippen molar-refractivity contribution in [2.24, 2.45) is 0 Å². The molecule has 2 aromatic carbocycles. The number of aromatic nitrogens is 3. The number of nitrogens with zero attached hydrogens (tertiary/aromatic N) is 5. The summed E-state index contributed by atoms with van der Waals surface area (Å²) in [7, 11) is -3.65. The molecule has 10 heteroatoms. The number of hydrogen-bond donors (Lipinski definition) is 0. The van der Waals surface area contributed by atoms with Crippen molar-refractivity contribution in [1.82, 2.24) is 18.6 Å². The third kappa shape index (κ3) is 4.08. The lowest BCUT2D eigenvalue weighted by Gasteiger charge is -2.33. The van der Waals surface area contributed by atoms with Crippen LogP contribution in [0.3, 0.4) is 0 Å². The Kier molecular flexibility index (Phi) is 5.58. The fraction of sp³-hybridized carbons (Fsp3) is 0.227. The third-order valence-corrected chi connectivity index (χ3v) is 8.20. The molecule has 1 aliphatic rings. The zero-order chi connectivity index (χ0) is 22.1. The molecule has 32 heavy (non-hydrogen) atoms. The van der Waals surface area contributed by atoms with Crippen LogP contribution in [-0.4, -0.2) is 53.2 Å². The van der Waals surface area contributed by atoms with Crippen molar-refractivity contribution in [3.63, 3.8) is 0 Å². The van der Waals surface area contributed by atoms with Gasteiger partial charge in [-0.1, -0.05) is 30.3 Å². The van der Waals surface area contributed by atoms with Gasteiger partial charge in [0.25, 0.3) is 0 Å². The van der Waals surface area contributed by atoms with Gasteiger partial charge < -0.3 is 4.90 Å². The van der Waals surface area contributed by atoms with E-state index in [1.54, 1.807) is 36.5 Å². The Hall–Kier alpha value is -2.95. The number of anilines is 1. The Balaban J connectivity index is 1.28. The second-order valence-electron chi connectivity index (χ2n) is 7.52. The zero-order valence-electron chi connectivity index (χ0n) is 17.1. The van der Waals surface area contributed by atoms with Gasteiger partial charge in [0.15, 0.2) is 0 Å². The molecule has 2 aromatic heterocycles. The quantitative estimate of drug-likeness (QED) is 0.446. The van der Waals surface area contributed by atoms with Crippen LogP contribution in [0.2, 0.25) is 0 Å². The van der Waals surface area contributed by atoms with Crippen LogP contribution in [0.1, 0.15) is 11.4 Å². The molecular formula is C22H20FN5O2S2. The van der Waals surface area contributed by atoms with Gasteiger partial charge in [-0.05, 0) is 29.8 Å². The predicted octanol–water partition coefficient (Wildman–Crippen LogP) is 3.33. The summed E-state index contributed by atoms with van der Waals surface area (Å²) in [5, 5.41) is 1.57. The summed E-state index contributed by atoms with van der Waals surface area (Å²) in [6, 6.07) is 15.2. The first kappa shape index (κ1) is 20.9. The summed E-state index contributed by atoms with van der Waals surface area (Å²) in [5.41, 5.74) is 1.43. The van der Waals surface area contributed by atoms with Crippen molar-refractivity contribution in [1.29, 1.82) is 0 Å². The van der Waals surface area contributed by atoms with Crippen LogP contribution in [0, 0.1) is 5.82 Å². The average molecular weight is 470 g/mol. The SMILES string of the molecule is O=S(=O)(c1cccc2cccnc12)N1CCN(c2nc(Cc3ccc(F)cc3)ns2)CC1. The van der Waals surface area contributed by atoms with Gasteiger partial charge in [-0.3, -0.25) is 4.98 Å². The first-order valence-electron chi connectivity index (χ1n) is 10.2. The van der Waals surface area contributed by atoms with E-state index in [2.05, 4.69) is 19.2 Å². The second-order valence-corrected chi connectivity index (χ2v) is 10.2. The zero-order valence-corrected chi connectivity index (χ0v) is 18.7. The highest BCUT2D eigenvalue weighted by Crippen LogP contribution is 2.26. The van der Waals surface area contributed by atoms with Crippen LogP contribution in [0.4, 0.5) is 9.52 Å². The predicted molar refractivity (Wildman–Crippen MR) is 122 cm³/mol. The molecule has 0 N–H and O–H groups in total. The third-order valence-electron chi connectivity index (χ3n) is 5.46. The highest BCUT2D eigenvalue weighted by molar-refractivity contribution is 7.89. The average Bonchev–Trinajstić information content (AvgIpc) is 3.29. The van der Waals surface area contributed by atoms with E-state index in [-0.39, 0.29) is 10.7 Å². The van der Waals surface area contributed by atoms with Gasteiger partial charge in [0.1, 0.15) is 16.5 Å². The van der Waals surface area contributed by atoms with E-state index in [1.807, 2.05) is 12.1 Å². The molecule has 0 atom stereocenters. The van der Waals surface area contributed by atoms with Crippen molar-refractivity contribution in [2.45, 2.75) is 11.3 Å². The minimum absolute atomic E-state index is 0.238. The van der Waals surface area contributed by atoms with Gasteiger partial charge in [0.05, 0.1) is 5.52 Å². The van der Waals surface area contributed by atoms with Crippen molar-refractivity contribution in [3.8, 4) is 0 Å². The van der Waals surface area contributed by atoms with Gasteiger partial charge in [-0.15, -0.1) is 0 Å². The van der Waals surface area contributed by atoms with Gasteiger partial charge in [0.2, 0.25) is 15.2 Å². The van der Waals surface area contributed by atoms with Crippen molar-refractivity contribution < 1.29 is 12.8 Å². The van der Waals surface area contributed by atoms with Gasteiger partial charge in [-0.25, -0.2) is 17.8 Å². The molecule has 0 unspecified atom stereocenters. The number of piperazine rings is 1. The summed E-state index contributed by atoms with van der Waals surface area (Å²) in [5.74, 6) is 0.404. The summed E-state index contributed by atoms with van der Waals surface area (Å²) < 4.78 is 45.6. The Morgan fingerprint density at radius 2 is 1.72 bits per heavy atom. The molecule has 4 aromatic rings. The fourth-order valence-electron chi connectivity index (χ4n) is 3.77. The number of sulfonamides is 1. The Morgan fingerprint density at radius 1 is 0.969 bits per heavy atom. The standard InChI is InChI=1S/C22H20FN5O2S2/c23-18-8-6-16(7-9-18)15-20-25-22(31-26-20)27-11-13-28(14-12-27)32(29,30)19-5-1-3-17-4-2-10-24-21(17)19/h1-10H,11-15H2. The van der Waals surface area contributed by atoms with Crippen LogP contribution in [-0.2, 0) is 16.4 Å². The van der Waals surface area contributed by atoms with Gasteiger partial charge >= 0.3 is 0 Å². The summed E-state index contributed by atoms with van der Waals surface area (Å²) in [4.78, 5) is 11.2. The number of fused-ring (bicyclic) bond motifs is 1. The van der Waals surface area contributed by atoms with E-state index >= 15 is 0 Å². The first-order chi connectivity index (χ1) is 15.5. The molecule has 0 radical (unpaired) electrons. The number of hydrogen-bond acceptors (Lipinski definition) is 7. The maximum absolute atomic E-state index is 13.3. The monoisotopic (exact) mass is 469 g/mol. The smallest absolute Gasteiger partial charge is 0.245 e. The normalized spacial score (nSPS) is 15.3. The van der Waals surface area contributed by atoms with Gasteiger partial charge in [0, 0.05) is 55.7 Å². The molecular weight excluding hydrogens is 449 g/mol. The maximum atomic E-state index is 13.3. The highest BCUT2D eigenvalue weighted by Gasteiger charge is 2.31. The topological polar surface area (TPSA) is 79.3 Å². The molecule has 1 saturated heterocycles. The van der Waals surface area contributed by atoms with Crippen LogP contribution in [0.25, 0.3) is 10.9 Å². The second kappa shape index (κ2) is 8.53. The molecule has 0 amide bonds.